The molecule has 1 saturated heterocycles. The normalized spacial score (nSPS) is 19.6. The standard InChI is InChI=1S/C9H18N2O/c1-7(2)11-9(12)8-3-5-10-6-4-8/h7-8,10H,3-6H2,1-2H3,(H,11,12)/p+1. The summed E-state index contributed by atoms with van der Waals surface area (Å²) in [6.07, 6.45) is 2.08. The van der Waals surface area contributed by atoms with Gasteiger partial charge in [0, 0.05) is 24.8 Å². The van der Waals surface area contributed by atoms with E-state index < -0.39 is 0 Å². The van der Waals surface area contributed by atoms with Crippen LogP contribution in [0.3, 0.4) is 0 Å². The van der Waals surface area contributed by atoms with E-state index in [0.29, 0.717) is 0 Å². The molecule has 1 aliphatic rings. The van der Waals surface area contributed by atoms with Crippen LogP contribution in [0.25, 0.3) is 0 Å². The summed E-state index contributed by atoms with van der Waals surface area (Å²) in [4.78, 5) is 11.5. The van der Waals surface area contributed by atoms with Gasteiger partial charge in [-0.05, 0) is 13.8 Å². The first-order valence-corrected chi connectivity index (χ1v) is 4.82. The third kappa shape index (κ3) is 2.81. The molecule has 3 N–H and O–H groups in total. The highest BCUT2D eigenvalue weighted by Crippen LogP contribution is 2.08. The van der Waals surface area contributed by atoms with Crippen LogP contribution in [0.1, 0.15) is 26.7 Å². The summed E-state index contributed by atoms with van der Waals surface area (Å²) in [5.74, 6) is 0.524. The summed E-state index contributed by atoms with van der Waals surface area (Å²) < 4.78 is 0. The zero-order chi connectivity index (χ0) is 8.97. The second kappa shape index (κ2) is 4.45. The second-order valence-electron chi connectivity index (χ2n) is 3.80. The lowest BCUT2D eigenvalue weighted by Gasteiger charge is -2.20. The molecule has 12 heavy (non-hydrogen) atoms. The van der Waals surface area contributed by atoms with E-state index in [1.54, 1.807) is 0 Å². The zero-order valence-electron chi connectivity index (χ0n) is 7.97. The molecule has 1 amide bonds. The van der Waals surface area contributed by atoms with E-state index in [-0.39, 0.29) is 17.9 Å². The van der Waals surface area contributed by atoms with Gasteiger partial charge in [-0.3, -0.25) is 4.79 Å². The van der Waals surface area contributed by atoms with Gasteiger partial charge in [-0.15, -0.1) is 0 Å². The molecule has 0 radical (unpaired) electrons. The van der Waals surface area contributed by atoms with E-state index in [0.717, 1.165) is 25.9 Å². The zero-order valence-corrected chi connectivity index (χ0v) is 7.97. The van der Waals surface area contributed by atoms with Crippen LogP contribution in [0.5, 0.6) is 0 Å². The van der Waals surface area contributed by atoms with Crippen molar-refractivity contribution in [3.05, 3.63) is 0 Å². The van der Waals surface area contributed by atoms with Gasteiger partial charge in [0.05, 0.1) is 13.1 Å². The number of quaternary nitrogens is 1. The Morgan fingerprint density at radius 1 is 1.42 bits per heavy atom. The predicted octanol–water partition coefficient (Wildman–Crippen LogP) is -0.516. The van der Waals surface area contributed by atoms with E-state index in [2.05, 4.69) is 10.6 Å². The van der Waals surface area contributed by atoms with Gasteiger partial charge in [-0.1, -0.05) is 0 Å². The van der Waals surface area contributed by atoms with Gasteiger partial charge in [0.25, 0.3) is 0 Å². The number of amides is 1. The summed E-state index contributed by atoms with van der Waals surface area (Å²) in [5, 5.41) is 5.24. The molecule has 0 aliphatic carbocycles. The fourth-order valence-electron chi connectivity index (χ4n) is 1.59. The molecule has 3 nitrogen and oxygen atoms in total. The summed E-state index contributed by atoms with van der Waals surface area (Å²) in [6, 6.07) is 0.281. The summed E-state index contributed by atoms with van der Waals surface area (Å²) in [5.41, 5.74) is 0. The van der Waals surface area contributed by atoms with Crippen LogP contribution in [0, 0.1) is 5.92 Å². The van der Waals surface area contributed by atoms with E-state index in [4.69, 9.17) is 0 Å². The van der Waals surface area contributed by atoms with E-state index in [9.17, 15) is 4.79 Å². The highest BCUT2D eigenvalue weighted by molar-refractivity contribution is 5.78. The van der Waals surface area contributed by atoms with Gasteiger partial charge in [0.1, 0.15) is 0 Å². The predicted molar refractivity (Wildman–Crippen MR) is 47.7 cm³/mol. The molecule has 1 heterocycles. The maximum Gasteiger partial charge on any atom is 0.223 e. The molecular weight excluding hydrogens is 152 g/mol. The SMILES string of the molecule is CC(C)NC(=O)C1CC[NH2+]CC1. The molecule has 1 fully saturated rings. The molecule has 3 heteroatoms. The van der Waals surface area contributed by atoms with Crippen LogP contribution in [0.2, 0.25) is 0 Å². The van der Waals surface area contributed by atoms with Gasteiger partial charge in [-0.2, -0.15) is 0 Å². The van der Waals surface area contributed by atoms with Crippen molar-refractivity contribution in [2.24, 2.45) is 5.92 Å². The Kier molecular flexibility index (Phi) is 3.53. The van der Waals surface area contributed by atoms with Crippen molar-refractivity contribution < 1.29 is 10.1 Å². The lowest BCUT2D eigenvalue weighted by Crippen LogP contribution is -2.86. The first-order chi connectivity index (χ1) is 5.70. The molecule has 70 valence electrons. The van der Waals surface area contributed by atoms with Crippen molar-refractivity contribution in [2.75, 3.05) is 13.1 Å². The van der Waals surface area contributed by atoms with E-state index in [1.165, 1.54) is 0 Å². The molecule has 0 saturated carbocycles. The fourth-order valence-corrected chi connectivity index (χ4v) is 1.59. The Morgan fingerprint density at radius 3 is 2.50 bits per heavy atom. The topological polar surface area (TPSA) is 45.7 Å². The van der Waals surface area contributed by atoms with Gasteiger partial charge < -0.3 is 10.6 Å². The fraction of sp³-hybridized carbons (Fsp3) is 0.889. The monoisotopic (exact) mass is 171 g/mol. The van der Waals surface area contributed by atoms with Gasteiger partial charge >= 0.3 is 0 Å². The number of nitrogens with one attached hydrogen (secondary N) is 1. The Morgan fingerprint density at radius 2 is 2.00 bits per heavy atom. The van der Waals surface area contributed by atoms with Crippen molar-refractivity contribution in [3.63, 3.8) is 0 Å². The third-order valence-corrected chi connectivity index (χ3v) is 2.24. The molecule has 1 aliphatic heterocycles. The summed E-state index contributed by atoms with van der Waals surface area (Å²) in [7, 11) is 0. The number of rotatable bonds is 2. The molecule has 0 bridgehead atoms. The minimum absolute atomic E-state index is 0.248. The Labute approximate surface area is 73.9 Å². The Bertz CT molecular complexity index is 151. The van der Waals surface area contributed by atoms with Crippen molar-refractivity contribution in [3.8, 4) is 0 Å². The van der Waals surface area contributed by atoms with Crippen LogP contribution in [-0.4, -0.2) is 25.0 Å². The Hall–Kier alpha value is -0.570. The first-order valence-electron chi connectivity index (χ1n) is 4.82. The summed E-state index contributed by atoms with van der Waals surface area (Å²) in [6.45, 7) is 6.23. The van der Waals surface area contributed by atoms with Crippen molar-refractivity contribution in [1.29, 1.82) is 0 Å². The maximum atomic E-state index is 11.5. The average Bonchev–Trinajstić information content (AvgIpc) is 2.05. The molecule has 0 aromatic carbocycles. The second-order valence-corrected chi connectivity index (χ2v) is 3.80. The number of hydrogen-bond donors (Lipinski definition) is 2. The van der Waals surface area contributed by atoms with Gasteiger partial charge in [0.2, 0.25) is 5.91 Å². The van der Waals surface area contributed by atoms with Crippen molar-refractivity contribution >= 4 is 5.91 Å². The van der Waals surface area contributed by atoms with Crippen LogP contribution >= 0.6 is 0 Å². The molecular formula is C9H19N2O+. The summed E-state index contributed by atoms with van der Waals surface area (Å²) >= 11 is 0. The number of piperidine rings is 1. The van der Waals surface area contributed by atoms with Gasteiger partial charge in [0.15, 0.2) is 0 Å². The van der Waals surface area contributed by atoms with Crippen LogP contribution in [0.15, 0.2) is 0 Å². The van der Waals surface area contributed by atoms with Crippen LogP contribution in [0.4, 0.5) is 0 Å². The molecule has 0 atom stereocenters. The lowest BCUT2D eigenvalue weighted by molar-refractivity contribution is -0.664. The minimum Gasteiger partial charge on any atom is -0.354 e. The molecule has 0 spiro atoms. The quantitative estimate of drug-likeness (QED) is 0.577. The van der Waals surface area contributed by atoms with Gasteiger partial charge in [-0.25, -0.2) is 0 Å². The minimum atomic E-state index is 0.248. The highest BCUT2D eigenvalue weighted by Gasteiger charge is 2.22. The number of carbonyl (C=O) groups is 1. The van der Waals surface area contributed by atoms with E-state index >= 15 is 0 Å². The molecule has 0 aromatic heterocycles. The lowest BCUT2D eigenvalue weighted by atomic mass is 9.97. The van der Waals surface area contributed by atoms with Crippen molar-refractivity contribution in [2.45, 2.75) is 32.7 Å². The number of carbonyl (C=O) groups excluding carboxylic acids is 1. The maximum absolute atomic E-state index is 11.5. The highest BCUT2D eigenvalue weighted by atomic mass is 16.1. The number of hydrogen-bond acceptors (Lipinski definition) is 1. The molecule has 1 rings (SSSR count). The largest absolute Gasteiger partial charge is 0.354 e. The van der Waals surface area contributed by atoms with Crippen LogP contribution < -0.4 is 10.6 Å². The van der Waals surface area contributed by atoms with E-state index in [1.807, 2.05) is 13.8 Å². The Balaban J connectivity index is 2.30. The first kappa shape index (κ1) is 9.52. The number of nitrogens with two attached hydrogens (primary N) is 1. The molecule has 0 aromatic rings. The third-order valence-electron chi connectivity index (χ3n) is 2.24. The van der Waals surface area contributed by atoms with Crippen molar-refractivity contribution in [1.82, 2.24) is 5.32 Å². The van der Waals surface area contributed by atoms with Crippen LogP contribution in [-0.2, 0) is 4.79 Å². The molecule has 0 unspecified atom stereocenters. The average molecular weight is 171 g/mol. The smallest absolute Gasteiger partial charge is 0.223 e.